The van der Waals surface area contributed by atoms with Crippen molar-refractivity contribution in [3.8, 4) is 0 Å². The Balaban J connectivity index is 0.00000162. The van der Waals surface area contributed by atoms with Crippen LogP contribution >= 0.6 is 39.9 Å². The molecule has 2 saturated heterocycles. The third-order valence-corrected chi connectivity index (χ3v) is 3.85. The van der Waals surface area contributed by atoms with Crippen LogP contribution in [0.2, 0.25) is 0 Å². The number of nitrogens with zero attached hydrogens (tertiary/aromatic N) is 2. The molecule has 1 N–H and O–H groups in total. The van der Waals surface area contributed by atoms with Gasteiger partial charge in [0, 0.05) is 43.2 Å². The van der Waals surface area contributed by atoms with Gasteiger partial charge in [0.15, 0.2) is 5.96 Å². The van der Waals surface area contributed by atoms with E-state index in [1.807, 2.05) is 7.05 Å². The highest BCUT2D eigenvalue weighted by molar-refractivity contribution is 14.0. The quantitative estimate of drug-likeness (QED) is 0.415. The van der Waals surface area contributed by atoms with Gasteiger partial charge >= 0.3 is 0 Å². The van der Waals surface area contributed by atoms with E-state index in [0.29, 0.717) is 12.0 Å². The molecule has 0 aromatic heterocycles. The molecule has 0 aliphatic carbocycles. The second-order valence-electron chi connectivity index (χ2n) is 4.89. The van der Waals surface area contributed by atoms with Gasteiger partial charge in [-0.2, -0.15) is 0 Å². The summed E-state index contributed by atoms with van der Waals surface area (Å²) < 4.78 is 6.48. The van der Waals surface area contributed by atoms with Crippen LogP contribution in [0.3, 0.4) is 0 Å². The summed E-state index contributed by atoms with van der Waals surface area (Å²) in [5.41, 5.74) is 0.378. The molecular formula is C12H21BrIN3O. The molecular weight excluding hydrogens is 409 g/mol. The van der Waals surface area contributed by atoms with Crippen molar-refractivity contribution in [2.24, 2.45) is 10.4 Å². The number of likely N-dealkylation sites (tertiary alicyclic amines) is 1. The molecule has 4 nitrogen and oxygen atoms in total. The highest BCUT2D eigenvalue weighted by Gasteiger charge is 2.42. The lowest BCUT2D eigenvalue weighted by molar-refractivity contribution is 0.156. The van der Waals surface area contributed by atoms with Crippen molar-refractivity contribution < 1.29 is 4.74 Å². The Morgan fingerprint density at radius 2 is 2.33 bits per heavy atom. The first-order valence-electron chi connectivity index (χ1n) is 6.02. The number of rotatable bonds is 2. The Bertz CT molecular complexity index is 329. The monoisotopic (exact) mass is 429 g/mol. The lowest BCUT2D eigenvalue weighted by Crippen LogP contribution is -2.41. The number of hydrogen-bond donors (Lipinski definition) is 1. The number of halogens is 2. The maximum atomic E-state index is 5.53. The molecule has 2 rings (SSSR count). The fourth-order valence-corrected chi connectivity index (χ4v) is 2.73. The Morgan fingerprint density at radius 3 is 2.89 bits per heavy atom. The molecule has 18 heavy (non-hydrogen) atoms. The third kappa shape index (κ3) is 3.84. The first-order valence-corrected chi connectivity index (χ1v) is 6.81. The van der Waals surface area contributed by atoms with E-state index in [1.165, 1.54) is 12.8 Å². The summed E-state index contributed by atoms with van der Waals surface area (Å²) in [6, 6.07) is 0. The first-order chi connectivity index (χ1) is 8.15. The summed E-state index contributed by atoms with van der Waals surface area (Å²) in [5, 5.41) is 3.31. The van der Waals surface area contributed by atoms with Crippen molar-refractivity contribution in [3.05, 3.63) is 11.1 Å². The maximum Gasteiger partial charge on any atom is 0.193 e. The zero-order valence-electron chi connectivity index (χ0n) is 10.7. The Labute approximate surface area is 134 Å². The van der Waals surface area contributed by atoms with Gasteiger partial charge in [-0.3, -0.25) is 4.99 Å². The van der Waals surface area contributed by atoms with Gasteiger partial charge in [-0.1, -0.05) is 22.5 Å². The van der Waals surface area contributed by atoms with E-state index in [4.69, 9.17) is 4.74 Å². The highest BCUT2D eigenvalue weighted by atomic mass is 127. The van der Waals surface area contributed by atoms with Crippen LogP contribution in [0.5, 0.6) is 0 Å². The van der Waals surface area contributed by atoms with Gasteiger partial charge < -0.3 is 15.0 Å². The Morgan fingerprint density at radius 1 is 1.56 bits per heavy atom. The molecule has 2 heterocycles. The molecule has 6 heteroatoms. The summed E-state index contributed by atoms with van der Waals surface area (Å²) in [7, 11) is 1.83. The van der Waals surface area contributed by atoms with Gasteiger partial charge in [0.05, 0.1) is 6.61 Å². The molecule has 0 aromatic rings. The maximum absolute atomic E-state index is 5.53. The summed E-state index contributed by atoms with van der Waals surface area (Å²) in [6.45, 7) is 8.48. The Kier molecular flexibility index (Phi) is 6.40. The molecule has 0 amide bonds. The molecule has 1 unspecified atom stereocenters. The van der Waals surface area contributed by atoms with Crippen LogP contribution in [-0.4, -0.2) is 50.8 Å². The predicted molar refractivity (Wildman–Crippen MR) is 88.9 cm³/mol. The molecule has 2 aliphatic heterocycles. The average Bonchev–Trinajstić information content (AvgIpc) is 2.91. The molecule has 1 atom stereocenters. The van der Waals surface area contributed by atoms with Gasteiger partial charge in [0.1, 0.15) is 0 Å². The number of nitrogens with one attached hydrogen (secondary N) is 1. The second-order valence-corrected chi connectivity index (χ2v) is 6.01. The molecule has 1 spiro atoms. The van der Waals surface area contributed by atoms with Crippen molar-refractivity contribution in [1.29, 1.82) is 0 Å². The van der Waals surface area contributed by atoms with E-state index < -0.39 is 0 Å². The Hall–Kier alpha value is 0.180. The van der Waals surface area contributed by atoms with Gasteiger partial charge in [-0.25, -0.2) is 0 Å². The number of guanidine groups is 1. The fraction of sp³-hybridized carbons (Fsp3) is 0.750. The summed E-state index contributed by atoms with van der Waals surface area (Å²) >= 11 is 3.35. The summed E-state index contributed by atoms with van der Waals surface area (Å²) in [6.07, 6.45) is 2.40. The largest absolute Gasteiger partial charge is 0.381 e. The van der Waals surface area contributed by atoms with E-state index in [2.05, 4.69) is 37.7 Å². The third-order valence-electron chi connectivity index (χ3n) is 3.57. The second kappa shape index (κ2) is 7.09. The zero-order chi connectivity index (χ0) is 12.3. The minimum Gasteiger partial charge on any atom is -0.381 e. The minimum absolute atomic E-state index is 0. The lowest BCUT2D eigenvalue weighted by Gasteiger charge is -2.24. The van der Waals surface area contributed by atoms with Crippen molar-refractivity contribution >= 4 is 45.9 Å². The average molecular weight is 430 g/mol. The van der Waals surface area contributed by atoms with E-state index in [1.54, 1.807) is 0 Å². The number of hydrogen-bond acceptors (Lipinski definition) is 2. The lowest BCUT2D eigenvalue weighted by atomic mass is 9.87. The summed E-state index contributed by atoms with van der Waals surface area (Å²) in [4.78, 5) is 6.65. The van der Waals surface area contributed by atoms with E-state index in [9.17, 15) is 0 Å². The van der Waals surface area contributed by atoms with Gasteiger partial charge in [0.2, 0.25) is 0 Å². The van der Waals surface area contributed by atoms with Gasteiger partial charge in [0.25, 0.3) is 0 Å². The van der Waals surface area contributed by atoms with Crippen LogP contribution in [0, 0.1) is 5.41 Å². The molecule has 0 radical (unpaired) electrons. The molecule has 0 bridgehead atoms. The van der Waals surface area contributed by atoms with E-state index >= 15 is 0 Å². The zero-order valence-corrected chi connectivity index (χ0v) is 14.7. The number of ether oxygens (including phenoxy) is 1. The van der Waals surface area contributed by atoms with E-state index in [0.717, 1.165) is 36.7 Å². The van der Waals surface area contributed by atoms with Crippen LogP contribution in [0.1, 0.15) is 12.8 Å². The van der Waals surface area contributed by atoms with Crippen molar-refractivity contribution in [2.75, 3.05) is 39.9 Å². The SMILES string of the molecule is C=C(Br)CNC(=NC)N1CCC2(CCOC2)C1.I. The standard InChI is InChI=1S/C12H20BrN3O.HI/c1-10(13)7-15-11(14-2)16-5-3-12(8-16)4-6-17-9-12;/h1,3-9H2,2H3,(H,14,15);1H. The molecule has 104 valence electrons. The highest BCUT2D eigenvalue weighted by Crippen LogP contribution is 2.38. The molecule has 0 saturated carbocycles. The minimum atomic E-state index is 0. The number of aliphatic imine (C=N–C) groups is 1. The van der Waals surface area contributed by atoms with Crippen LogP contribution in [0.4, 0.5) is 0 Å². The summed E-state index contributed by atoms with van der Waals surface area (Å²) in [5.74, 6) is 0.967. The first kappa shape index (κ1) is 16.2. The smallest absolute Gasteiger partial charge is 0.193 e. The van der Waals surface area contributed by atoms with Crippen molar-refractivity contribution in [2.45, 2.75) is 12.8 Å². The normalized spacial score (nSPS) is 27.4. The van der Waals surface area contributed by atoms with Crippen LogP contribution < -0.4 is 5.32 Å². The molecule has 2 aliphatic rings. The van der Waals surface area contributed by atoms with Gasteiger partial charge in [-0.05, 0) is 12.8 Å². The van der Waals surface area contributed by atoms with Gasteiger partial charge in [-0.15, -0.1) is 24.0 Å². The van der Waals surface area contributed by atoms with Crippen LogP contribution in [-0.2, 0) is 4.74 Å². The fourth-order valence-electron chi connectivity index (χ4n) is 2.59. The van der Waals surface area contributed by atoms with Crippen LogP contribution in [0.15, 0.2) is 16.1 Å². The van der Waals surface area contributed by atoms with E-state index in [-0.39, 0.29) is 24.0 Å². The molecule has 2 fully saturated rings. The van der Waals surface area contributed by atoms with Crippen molar-refractivity contribution in [3.63, 3.8) is 0 Å². The topological polar surface area (TPSA) is 36.9 Å². The van der Waals surface area contributed by atoms with Crippen molar-refractivity contribution in [1.82, 2.24) is 10.2 Å². The predicted octanol–water partition coefficient (Wildman–Crippen LogP) is 2.20. The van der Waals surface area contributed by atoms with Crippen LogP contribution in [0.25, 0.3) is 0 Å². The molecule has 0 aromatic carbocycles.